The quantitative estimate of drug-likeness (QED) is 0.866. The molecule has 1 saturated heterocycles. The largest absolute Gasteiger partial charge is 0.375 e. The summed E-state index contributed by atoms with van der Waals surface area (Å²) in [6, 6.07) is 5.70. The molecule has 1 unspecified atom stereocenters. The van der Waals surface area contributed by atoms with Crippen LogP contribution in [0.5, 0.6) is 0 Å². The Morgan fingerprint density at radius 2 is 2.25 bits per heavy atom. The van der Waals surface area contributed by atoms with Crippen LogP contribution in [-0.4, -0.2) is 38.2 Å². The molecule has 20 heavy (non-hydrogen) atoms. The van der Waals surface area contributed by atoms with Crippen LogP contribution in [0.1, 0.15) is 30.4 Å². The van der Waals surface area contributed by atoms with Crippen molar-refractivity contribution in [3.8, 4) is 0 Å². The number of benzene rings is 1. The molecule has 1 aliphatic rings. The average Bonchev–Trinajstić information content (AvgIpc) is 2.44. The second-order valence-corrected chi connectivity index (χ2v) is 5.60. The molecule has 0 radical (unpaired) electrons. The summed E-state index contributed by atoms with van der Waals surface area (Å²) >= 11 is 0. The monoisotopic (exact) mass is 280 g/mol. The molecule has 0 amide bonds. The molecule has 1 atom stereocenters. The third-order valence-corrected chi connectivity index (χ3v) is 3.98. The Morgan fingerprint density at radius 1 is 1.40 bits per heavy atom. The fraction of sp³-hybridized carbons (Fsp3) is 0.625. The average molecular weight is 280 g/mol. The molecule has 0 saturated carbocycles. The molecule has 112 valence electrons. The molecular formula is C16H25FN2O. The summed E-state index contributed by atoms with van der Waals surface area (Å²) in [5.41, 5.74) is 1.73. The molecule has 1 aromatic carbocycles. The number of ether oxygens (including phenoxy) is 1. The number of nitrogens with zero attached hydrogens (tertiary/aromatic N) is 1. The van der Waals surface area contributed by atoms with Gasteiger partial charge in [0.25, 0.3) is 0 Å². The van der Waals surface area contributed by atoms with Crippen molar-refractivity contribution in [3.63, 3.8) is 0 Å². The third kappa shape index (κ3) is 4.27. The van der Waals surface area contributed by atoms with E-state index < -0.39 is 0 Å². The standard InChI is InChI=1S/C16H25FN2O/c1-18-10-13-6-7-16(17)14(9-13)11-20-12-15-5-3-4-8-19(15)2/h6-7,9,15,18H,3-5,8,10-12H2,1-2H3. The van der Waals surface area contributed by atoms with E-state index in [2.05, 4.69) is 17.3 Å². The van der Waals surface area contributed by atoms with Gasteiger partial charge in [0, 0.05) is 18.2 Å². The maximum atomic E-state index is 13.7. The second-order valence-electron chi connectivity index (χ2n) is 5.60. The highest BCUT2D eigenvalue weighted by Gasteiger charge is 2.18. The van der Waals surface area contributed by atoms with Gasteiger partial charge in [-0.2, -0.15) is 0 Å². The Bertz CT molecular complexity index is 425. The SMILES string of the molecule is CNCc1ccc(F)c(COCC2CCCCN2C)c1. The first-order chi connectivity index (χ1) is 9.70. The van der Waals surface area contributed by atoms with Gasteiger partial charge >= 0.3 is 0 Å². The Kier molecular flexibility index (Phi) is 5.95. The molecule has 1 aliphatic heterocycles. The number of likely N-dealkylation sites (N-methyl/N-ethyl adjacent to an activating group) is 1. The van der Waals surface area contributed by atoms with E-state index in [4.69, 9.17) is 4.74 Å². The fourth-order valence-corrected chi connectivity index (χ4v) is 2.71. The first-order valence-electron chi connectivity index (χ1n) is 7.40. The minimum absolute atomic E-state index is 0.179. The van der Waals surface area contributed by atoms with E-state index in [1.54, 1.807) is 0 Å². The summed E-state index contributed by atoms with van der Waals surface area (Å²) in [5.74, 6) is -0.179. The van der Waals surface area contributed by atoms with Crippen molar-refractivity contribution in [1.29, 1.82) is 0 Å². The van der Waals surface area contributed by atoms with Crippen LogP contribution in [0.4, 0.5) is 4.39 Å². The molecule has 0 spiro atoms. The topological polar surface area (TPSA) is 24.5 Å². The molecule has 1 heterocycles. The predicted molar refractivity (Wildman–Crippen MR) is 79.1 cm³/mol. The zero-order valence-corrected chi connectivity index (χ0v) is 12.5. The van der Waals surface area contributed by atoms with Crippen molar-refractivity contribution >= 4 is 0 Å². The van der Waals surface area contributed by atoms with Crippen molar-refractivity contribution in [1.82, 2.24) is 10.2 Å². The van der Waals surface area contributed by atoms with Crippen molar-refractivity contribution in [2.24, 2.45) is 0 Å². The molecule has 1 fully saturated rings. The zero-order chi connectivity index (χ0) is 14.4. The molecule has 1 N–H and O–H groups in total. The van der Waals surface area contributed by atoms with E-state index in [1.165, 1.54) is 25.3 Å². The van der Waals surface area contributed by atoms with Gasteiger partial charge in [-0.05, 0) is 51.2 Å². The van der Waals surface area contributed by atoms with Gasteiger partial charge in [-0.1, -0.05) is 12.5 Å². The van der Waals surface area contributed by atoms with E-state index in [-0.39, 0.29) is 5.82 Å². The smallest absolute Gasteiger partial charge is 0.128 e. The fourth-order valence-electron chi connectivity index (χ4n) is 2.71. The molecule has 2 rings (SSSR count). The van der Waals surface area contributed by atoms with Crippen LogP contribution < -0.4 is 5.32 Å². The normalized spacial score (nSPS) is 20.2. The van der Waals surface area contributed by atoms with Crippen LogP contribution in [0.25, 0.3) is 0 Å². The number of piperidine rings is 1. The van der Waals surface area contributed by atoms with Crippen LogP contribution in [0.15, 0.2) is 18.2 Å². The maximum absolute atomic E-state index is 13.7. The predicted octanol–water partition coefficient (Wildman–Crippen LogP) is 2.55. The Balaban J connectivity index is 1.85. The van der Waals surface area contributed by atoms with Crippen molar-refractivity contribution in [3.05, 3.63) is 35.1 Å². The maximum Gasteiger partial charge on any atom is 0.128 e. The lowest BCUT2D eigenvalue weighted by molar-refractivity contribution is 0.0433. The van der Waals surface area contributed by atoms with E-state index in [0.29, 0.717) is 24.8 Å². The molecular weight excluding hydrogens is 255 g/mol. The van der Waals surface area contributed by atoms with Crippen LogP contribution in [0.2, 0.25) is 0 Å². The molecule has 1 aromatic rings. The minimum atomic E-state index is -0.179. The molecule has 3 nitrogen and oxygen atoms in total. The molecule has 4 heteroatoms. The lowest BCUT2D eigenvalue weighted by Crippen LogP contribution is -2.39. The van der Waals surface area contributed by atoms with Crippen molar-refractivity contribution in [2.75, 3.05) is 27.2 Å². The highest BCUT2D eigenvalue weighted by atomic mass is 19.1. The number of hydrogen-bond donors (Lipinski definition) is 1. The van der Waals surface area contributed by atoms with Gasteiger partial charge in [-0.3, -0.25) is 0 Å². The minimum Gasteiger partial charge on any atom is -0.375 e. The zero-order valence-electron chi connectivity index (χ0n) is 12.5. The first kappa shape index (κ1) is 15.4. The van der Waals surface area contributed by atoms with Gasteiger partial charge < -0.3 is 15.0 Å². The number of nitrogens with one attached hydrogen (secondary N) is 1. The van der Waals surface area contributed by atoms with Gasteiger partial charge in [-0.25, -0.2) is 4.39 Å². The van der Waals surface area contributed by atoms with Crippen LogP contribution in [0.3, 0.4) is 0 Å². The van der Waals surface area contributed by atoms with Gasteiger partial charge in [0.1, 0.15) is 5.82 Å². The van der Waals surface area contributed by atoms with Gasteiger partial charge in [0.05, 0.1) is 13.2 Å². The lowest BCUT2D eigenvalue weighted by atomic mass is 10.0. The number of rotatable bonds is 6. The summed E-state index contributed by atoms with van der Waals surface area (Å²) in [6.45, 7) is 2.93. The summed E-state index contributed by atoms with van der Waals surface area (Å²) < 4.78 is 19.5. The van der Waals surface area contributed by atoms with Crippen molar-refractivity contribution in [2.45, 2.75) is 38.5 Å². The van der Waals surface area contributed by atoms with Crippen molar-refractivity contribution < 1.29 is 9.13 Å². The summed E-state index contributed by atoms with van der Waals surface area (Å²) in [7, 11) is 4.03. The highest BCUT2D eigenvalue weighted by molar-refractivity contribution is 5.24. The molecule has 0 aromatic heterocycles. The first-order valence-corrected chi connectivity index (χ1v) is 7.40. The number of likely N-dealkylation sites (tertiary alicyclic amines) is 1. The highest BCUT2D eigenvalue weighted by Crippen LogP contribution is 2.17. The summed E-state index contributed by atoms with van der Waals surface area (Å²) in [5, 5.41) is 3.07. The number of halogens is 1. The summed E-state index contributed by atoms with van der Waals surface area (Å²) in [4.78, 5) is 2.34. The van der Waals surface area contributed by atoms with Crippen LogP contribution >= 0.6 is 0 Å². The van der Waals surface area contributed by atoms with Gasteiger partial charge in [-0.15, -0.1) is 0 Å². The van der Waals surface area contributed by atoms with Gasteiger partial charge in [0.2, 0.25) is 0 Å². The van der Waals surface area contributed by atoms with E-state index in [1.807, 2.05) is 19.2 Å². The van der Waals surface area contributed by atoms with Crippen LogP contribution in [0, 0.1) is 5.82 Å². The second kappa shape index (κ2) is 7.72. The third-order valence-electron chi connectivity index (χ3n) is 3.98. The Morgan fingerprint density at radius 3 is 3.00 bits per heavy atom. The molecule has 0 aliphatic carbocycles. The summed E-state index contributed by atoms with van der Waals surface area (Å²) in [6.07, 6.45) is 3.72. The number of hydrogen-bond acceptors (Lipinski definition) is 3. The van der Waals surface area contributed by atoms with Gasteiger partial charge in [0.15, 0.2) is 0 Å². The van der Waals surface area contributed by atoms with Crippen LogP contribution in [-0.2, 0) is 17.9 Å². The Hall–Kier alpha value is -0.970. The molecule has 0 bridgehead atoms. The van der Waals surface area contributed by atoms with E-state index >= 15 is 0 Å². The lowest BCUT2D eigenvalue weighted by Gasteiger charge is -2.32. The van der Waals surface area contributed by atoms with E-state index in [9.17, 15) is 4.39 Å². The van der Waals surface area contributed by atoms with E-state index in [0.717, 1.165) is 18.7 Å². The Labute approximate surface area is 121 Å².